The van der Waals surface area contributed by atoms with E-state index in [1.807, 2.05) is 0 Å². The summed E-state index contributed by atoms with van der Waals surface area (Å²) in [4.78, 5) is 10.1. The van der Waals surface area contributed by atoms with E-state index in [9.17, 15) is 79.4 Å². The molecule has 0 rings (SSSR count). The van der Waals surface area contributed by atoms with Crippen LogP contribution in [0.25, 0.3) is 0 Å². The molecule has 178 valence electrons. The van der Waals surface area contributed by atoms with Crippen LogP contribution in [0.3, 0.4) is 0 Å². The molecule has 0 aliphatic heterocycles. The van der Waals surface area contributed by atoms with Crippen molar-refractivity contribution in [3.05, 3.63) is 12.2 Å². The van der Waals surface area contributed by atoms with E-state index in [1.54, 1.807) is 6.58 Å². The van der Waals surface area contributed by atoms with Crippen LogP contribution >= 0.6 is 0 Å². The van der Waals surface area contributed by atoms with Crippen LogP contribution in [-0.4, -0.2) is 58.7 Å². The lowest BCUT2D eigenvalue weighted by Crippen LogP contribution is -2.74. The molecule has 0 saturated carbocycles. The third kappa shape index (κ3) is 3.23. The van der Waals surface area contributed by atoms with Crippen molar-refractivity contribution < 1.29 is 84.5 Å². The fourth-order valence-electron chi connectivity index (χ4n) is 1.49. The van der Waals surface area contributed by atoms with E-state index < -0.39 is 59.2 Å². The molecule has 0 saturated heterocycles. The molecule has 0 amide bonds. The Kier molecular flexibility index (Phi) is 6.31. The van der Waals surface area contributed by atoms with Crippen LogP contribution < -0.4 is 0 Å². The quantitative estimate of drug-likeness (QED) is 0.354. The molecule has 0 aliphatic rings. The van der Waals surface area contributed by atoms with Crippen molar-refractivity contribution in [2.45, 2.75) is 47.6 Å². The highest BCUT2D eigenvalue weighted by Crippen LogP contribution is 2.64. The summed E-state index contributed by atoms with van der Waals surface area (Å²) in [5.74, 6) is -61.4. The van der Waals surface area contributed by atoms with Crippen molar-refractivity contribution in [2.24, 2.45) is 0 Å². The van der Waals surface area contributed by atoms with Gasteiger partial charge in [-0.3, -0.25) is 0 Å². The van der Waals surface area contributed by atoms with Gasteiger partial charge in [0.1, 0.15) is 5.57 Å². The van der Waals surface area contributed by atoms with Gasteiger partial charge in [0.2, 0.25) is 0 Å². The third-order valence-corrected chi connectivity index (χ3v) is 3.36. The summed E-state index contributed by atoms with van der Waals surface area (Å²) >= 11 is 0. The van der Waals surface area contributed by atoms with Crippen LogP contribution in [0.4, 0.5) is 74.6 Å². The van der Waals surface area contributed by atoms with Crippen molar-refractivity contribution in [1.82, 2.24) is 0 Å². The predicted octanol–water partition coefficient (Wildman–Crippen LogP) is 5.64. The van der Waals surface area contributed by atoms with Crippen LogP contribution in [0.2, 0.25) is 0 Å². The zero-order chi connectivity index (χ0) is 25.2. The van der Waals surface area contributed by atoms with Crippen molar-refractivity contribution in [3.8, 4) is 0 Å². The molecule has 0 aliphatic carbocycles. The predicted molar refractivity (Wildman–Crippen MR) is 57.5 cm³/mol. The third-order valence-electron chi connectivity index (χ3n) is 3.36. The van der Waals surface area contributed by atoms with Crippen LogP contribution in [0.1, 0.15) is 0 Å². The smallest absolute Gasteiger partial charge is 0.460 e. The Morgan fingerprint density at radius 2 is 0.733 bits per heavy atom. The number of carbonyl (C=O) groups is 1. The lowest BCUT2D eigenvalue weighted by molar-refractivity contribution is -0.460. The maximum atomic E-state index is 13.3. The van der Waals surface area contributed by atoms with Gasteiger partial charge in [-0.15, -0.1) is 0 Å². The number of aliphatic carboxylic acids is 1. The van der Waals surface area contributed by atoms with Gasteiger partial charge in [0.25, 0.3) is 0 Å². The Labute approximate surface area is 151 Å². The summed E-state index contributed by atoms with van der Waals surface area (Å²) in [5, 5.41) is 8.00. The number of carboxylic acids is 1. The first-order valence-corrected chi connectivity index (χ1v) is 6.24. The highest BCUT2D eigenvalue weighted by molar-refractivity contribution is 5.88. The lowest BCUT2D eigenvalue weighted by atomic mass is 9.87. The normalized spacial score (nSPS) is 15.9. The molecule has 0 aromatic heterocycles. The fraction of sp³-hybridized carbons (Fsp3) is 0.727. The second kappa shape index (κ2) is 6.76. The molecule has 0 aromatic rings. The standard InChI is InChI=1S/C11H3F17O2/c1-2(3(29)30)4(12,13)5(14,15)6(16,17)7(18,19)8(20,21)9(22,23)10(24,25)11(26,27)28/h1H2,(H,29,30). The first kappa shape index (κ1) is 28.0. The molecular weight excluding hydrogens is 487 g/mol. The average Bonchev–Trinajstić information content (AvgIpc) is 2.51. The minimum absolute atomic E-state index is 1.56. The van der Waals surface area contributed by atoms with Crippen molar-refractivity contribution in [1.29, 1.82) is 0 Å². The number of hydrogen-bond donors (Lipinski definition) is 1. The second-order valence-electron chi connectivity index (χ2n) is 5.30. The van der Waals surface area contributed by atoms with Gasteiger partial charge in [0, 0.05) is 0 Å². The minimum Gasteiger partial charge on any atom is -0.478 e. The molecule has 0 bridgehead atoms. The number of alkyl halides is 17. The van der Waals surface area contributed by atoms with Crippen LogP contribution in [0, 0.1) is 0 Å². The average molecular weight is 490 g/mol. The Balaban J connectivity index is 6.84. The first-order valence-electron chi connectivity index (χ1n) is 6.24. The number of halogens is 17. The minimum atomic E-state index is -8.76. The molecule has 0 radical (unpaired) electrons. The van der Waals surface area contributed by atoms with Gasteiger partial charge >= 0.3 is 53.6 Å². The number of rotatable bonds is 8. The Morgan fingerprint density at radius 3 is 0.967 bits per heavy atom. The molecule has 19 heteroatoms. The Morgan fingerprint density at radius 1 is 0.500 bits per heavy atom. The largest absolute Gasteiger partial charge is 0.478 e. The summed E-state index contributed by atoms with van der Waals surface area (Å²) in [5.41, 5.74) is -3.38. The maximum Gasteiger partial charge on any atom is 0.460 e. The number of hydrogen-bond acceptors (Lipinski definition) is 1. The summed E-state index contributed by atoms with van der Waals surface area (Å²) in [6.07, 6.45) is -7.84. The highest BCUT2D eigenvalue weighted by Gasteiger charge is 2.95. The maximum absolute atomic E-state index is 13.3. The van der Waals surface area contributed by atoms with E-state index in [1.165, 1.54) is 0 Å². The van der Waals surface area contributed by atoms with Gasteiger partial charge in [-0.2, -0.15) is 74.6 Å². The molecule has 0 aromatic carbocycles. The zero-order valence-electron chi connectivity index (χ0n) is 13.0. The monoisotopic (exact) mass is 490 g/mol. The van der Waals surface area contributed by atoms with Gasteiger partial charge in [-0.05, 0) is 0 Å². The fourth-order valence-corrected chi connectivity index (χ4v) is 1.49. The van der Waals surface area contributed by atoms with Crippen molar-refractivity contribution in [3.63, 3.8) is 0 Å². The molecule has 1 N–H and O–H groups in total. The van der Waals surface area contributed by atoms with Gasteiger partial charge in [-0.1, -0.05) is 6.58 Å². The van der Waals surface area contributed by atoms with E-state index in [-0.39, 0.29) is 0 Å². The summed E-state index contributed by atoms with van der Waals surface area (Å²) in [7, 11) is 0. The Hall–Kier alpha value is -1.98. The van der Waals surface area contributed by atoms with E-state index >= 15 is 0 Å². The number of carboxylic acid groups (broad SMARTS) is 1. The molecule has 30 heavy (non-hydrogen) atoms. The summed E-state index contributed by atoms with van der Waals surface area (Å²) < 4.78 is 218. The molecule has 0 unspecified atom stereocenters. The van der Waals surface area contributed by atoms with Gasteiger partial charge < -0.3 is 5.11 Å². The molecule has 0 heterocycles. The zero-order valence-corrected chi connectivity index (χ0v) is 13.0. The van der Waals surface area contributed by atoms with Crippen LogP contribution in [-0.2, 0) is 4.79 Å². The van der Waals surface area contributed by atoms with E-state index in [2.05, 4.69) is 0 Å². The Bertz CT molecular complexity index is 701. The van der Waals surface area contributed by atoms with E-state index in [0.29, 0.717) is 0 Å². The summed E-state index contributed by atoms with van der Waals surface area (Å²) in [6, 6.07) is 0. The summed E-state index contributed by atoms with van der Waals surface area (Å²) in [6.45, 7) is 1.56. The molecule has 0 atom stereocenters. The SMILES string of the molecule is C=C(C(=O)O)C(F)(F)C(F)(F)C(F)(F)C(F)(F)C(F)(F)C(F)(F)C(F)(F)C(F)(F)F. The van der Waals surface area contributed by atoms with E-state index in [0.717, 1.165) is 0 Å². The topological polar surface area (TPSA) is 37.3 Å². The van der Waals surface area contributed by atoms with Crippen molar-refractivity contribution >= 4 is 5.97 Å². The van der Waals surface area contributed by atoms with Crippen molar-refractivity contribution in [2.75, 3.05) is 0 Å². The lowest BCUT2D eigenvalue weighted by Gasteiger charge is -2.42. The highest BCUT2D eigenvalue weighted by atomic mass is 19.4. The van der Waals surface area contributed by atoms with Crippen LogP contribution in [0.15, 0.2) is 12.2 Å². The second-order valence-corrected chi connectivity index (χ2v) is 5.30. The van der Waals surface area contributed by atoms with Gasteiger partial charge in [-0.25, -0.2) is 4.79 Å². The van der Waals surface area contributed by atoms with Crippen LogP contribution in [0.5, 0.6) is 0 Å². The molecule has 0 spiro atoms. The molecule has 2 nitrogen and oxygen atoms in total. The molecule has 0 fully saturated rings. The van der Waals surface area contributed by atoms with Gasteiger partial charge in [0.15, 0.2) is 0 Å². The van der Waals surface area contributed by atoms with Gasteiger partial charge in [0.05, 0.1) is 0 Å². The van der Waals surface area contributed by atoms with E-state index in [4.69, 9.17) is 5.11 Å². The molecular formula is C11H3F17O2. The first-order chi connectivity index (χ1) is 12.6.